The van der Waals surface area contributed by atoms with Crippen molar-refractivity contribution in [1.29, 1.82) is 0 Å². The summed E-state index contributed by atoms with van der Waals surface area (Å²) in [6.07, 6.45) is -1.33. The molecule has 33 heavy (non-hydrogen) atoms. The number of phenols is 1. The summed E-state index contributed by atoms with van der Waals surface area (Å²) in [6.45, 7) is 6.42. The molecule has 0 unspecified atom stereocenters. The van der Waals surface area contributed by atoms with Crippen molar-refractivity contribution < 1.29 is 27.1 Å². The van der Waals surface area contributed by atoms with Gasteiger partial charge in [-0.3, -0.25) is 9.05 Å². The van der Waals surface area contributed by atoms with E-state index < -0.39 is 30.0 Å². The number of benzene rings is 3. The molecule has 3 aromatic rings. The molecule has 0 atom stereocenters. The van der Waals surface area contributed by atoms with Crippen LogP contribution in [0.15, 0.2) is 59.5 Å². The largest absolute Gasteiger partial charge is 0.506 e. The van der Waals surface area contributed by atoms with Crippen molar-refractivity contribution in [3.63, 3.8) is 0 Å². The molecule has 0 spiro atoms. The van der Waals surface area contributed by atoms with Gasteiger partial charge in [0.15, 0.2) is 0 Å². The molecule has 178 valence electrons. The van der Waals surface area contributed by atoms with Crippen LogP contribution in [0.2, 0.25) is 10.0 Å². The monoisotopic (exact) mass is 531 g/mol. The zero-order valence-corrected chi connectivity index (χ0v) is 21.6. The van der Waals surface area contributed by atoms with Gasteiger partial charge in [0.05, 0.1) is 27.8 Å². The van der Waals surface area contributed by atoms with E-state index in [1.54, 1.807) is 52.0 Å². The van der Waals surface area contributed by atoms with Crippen molar-refractivity contribution in [1.82, 2.24) is 0 Å². The van der Waals surface area contributed by atoms with Crippen molar-refractivity contribution in [3.8, 4) is 5.75 Å². The molecule has 0 saturated carbocycles. The Morgan fingerprint density at radius 3 is 1.85 bits per heavy atom. The summed E-state index contributed by atoms with van der Waals surface area (Å²) in [5.74, 6) is -0.331. The van der Waals surface area contributed by atoms with E-state index in [9.17, 15) is 18.1 Å². The van der Waals surface area contributed by atoms with Gasteiger partial charge < -0.3 is 5.11 Å². The Labute approximate surface area is 203 Å². The predicted molar refractivity (Wildman–Crippen MR) is 132 cm³/mol. The fourth-order valence-electron chi connectivity index (χ4n) is 3.24. The molecule has 0 saturated heterocycles. The van der Waals surface area contributed by atoms with Crippen LogP contribution in [0.25, 0.3) is 10.8 Å². The van der Waals surface area contributed by atoms with E-state index in [0.29, 0.717) is 4.08 Å². The summed E-state index contributed by atoms with van der Waals surface area (Å²) in [4.78, 5) is -0.158. The summed E-state index contributed by atoms with van der Waals surface area (Å²) >= 11 is 12.8. The third kappa shape index (κ3) is 5.02. The molecule has 0 aromatic heterocycles. The maximum atomic E-state index is 14.3. The van der Waals surface area contributed by atoms with Crippen LogP contribution >= 0.6 is 30.9 Å². The number of fused-ring (bicyclic) bond motifs is 1. The first-order chi connectivity index (χ1) is 15.4. The second-order valence-electron chi connectivity index (χ2n) is 7.71. The van der Waals surface area contributed by atoms with E-state index in [2.05, 4.69) is 0 Å². The van der Waals surface area contributed by atoms with Crippen molar-refractivity contribution in [2.75, 3.05) is 4.08 Å². The molecular formula is C22H24Cl2NO6PS. The molecular weight excluding hydrogens is 508 g/mol. The highest BCUT2D eigenvalue weighted by Gasteiger charge is 2.47. The minimum Gasteiger partial charge on any atom is -0.506 e. The highest BCUT2D eigenvalue weighted by Crippen LogP contribution is 2.62. The smallest absolute Gasteiger partial charge is 0.449 e. The average Bonchev–Trinajstić information content (AvgIpc) is 2.74. The summed E-state index contributed by atoms with van der Waals surface area (Å²) in [5.41, 5.74) is -0.219. The fourth-order valence-corrected chi connectivity index (χ4v) is 8.25. The maximum absolute atomic E-state index is 14.3. The molecule has 0 fully saturated rings. The summed E-state index contributed by atoms with van der Waals surface area (Å²) < 4.78 is 54.1. The normalized spacial score (nSPS) is 12.6. The standard InChI is InChI=1S/C22H24Cl2NO6PS/c1-14(2)30-32(27,31-15(3)4)25(33(28,29)16-10-6-5-7-11-16)21-17-12-8-9-13-18(17)22(26)20(24)19(21)23/h5-15,26H,1-4H3. The van der Waals surface area contributed by atoms with Gasteiger partial charge in [0.1, 0.15) is 10.8 Å². The van der Waals surface area contributed by atoms with E-state index in [4.69, 9.17) is 32.2 Å². The molecule has 0 amide bonds. The zero-order valence-electron chi connectivity index (χ0n) is 18.4. The molecule has 0 aliphatic carbocycles. The average molecular weight is 532 g/mol. The first-order valence-electron chi connectivity index (χ1n) is 10.1. The number of aromatic hydroxyl groups is 1. The molecule has 3 rings (SSSR count). The van der Waals surface area contributed by atoms with Gasteiger partial charge in [0.25, 0.3) is 10.0 Å². The van der Waals surface area contributed by atoms with Crippen molar-refractivity contribution in [2.24, 2.45) is 0 Å². The molecule has 0 radical (unpaired) electrons. The number of rotatable bonds is 8. The summed E-state index contributed by atoms with van der Waals surface area (Å²) in [5, 5.41) is 10.4. The number of nitrogens with zero attached hydrogens (tertiary/aromatic N) is 1. The van der Waals surface area contributed by atoms with Gasteiger partial charge in [-0.25, -0.2) is 13.0 Å². The molecule has 0 heterocycles. The lowest BCUT2D eigenvalue weighted by Crippen LogP contribution is -2.32. The Morgan fingerprint density at radius 1 is 0.848 bits per heavy atom. The van der Waals surface area contributed by atoms with Gasteiger partial charge >= 0.3 is 7.75 Å². The second kappa shape index (κ2) is 9.82. The molecule has 0 bridgehead atoms. The molecule has 7 nitrogen and oxygen atoms in total. The van der Waals surface area contributed by atoms with E-state index in [-0.39, 0.29) is 37.2 Å². The summed E-state index contributed by atoms with van der Waals surface area (Å²) in [7, 11) is -9.15. The molecule has 0 aliphatic heterocycles. The summed E-state index contributed by atoms with van der Waals surface area (Å²) in [6, 6.07) is 13.8. The van der Waals surface area contributed by atoms with Crippen LogP contribution in [-0.2, 0) is 23.6 Å². The molecule has 1 N–H and O–H groups in total. The molecule has 0 aliphatic rings. The Morgan fingerprint density at radius 2 is 1.33 bits per heavy atom. The number of halogens is 2. The Bertz CT molecular complexity index is 1300. The van der Waals surface area contributed by atoms with Gasteiger partial charge in [-0.2, -0.15) is 4.08 Å². The number of sulfonamides is 1. The Balaban J connectivity index is 2.50. The zero-order chi connectivity index (χ0) is 24.6. The minimum absolute atomic E-state index is 0.158. The minimum atomic E-state index is -4.60. The second-order valence-corrected chi connectivity index (χ2v) is 12.3. The topological polar surface area (TPSA) is 93.1 Å². The lowest BCUT2D eigenvalue weighted by Gasteiger charge is -2.34. The van der Waals surface area contributed by atoms with Crippen LogP contribution < -0.4 is 4.08 Å². The van der Waals surface area contributed by atoms with E-state index in [1.807, 2.05) is 0 Å². The van der Waals surface area contributed by atoms with Gasteiger partial charge in [-0.05, 0) is 39.8 Å². The predicted octanol–water partition coefficient (Wildman–Crippen LogP) is 7.01. The van der Waals surface area contributed by atoms with Crippen LogP contribution in [-0.4, -0.2) is 25.7 Å². The first-order valence-corrected chi connectivity index (χ1v) is 13.8. The van der Waals surface area contributed by atoms with Crippen LogP contribution in [0.3, 0.4) is 0 Å². The lowest BCUT2D eigenvalue weighted by molar-refractivity contribution is 0.143. The van der Waals surface area contributed by atoms with Crippen molar-refractivity contribution in [3.05, 3.63) is 64.6 Å². The van der Waals surface area contributed by atoms with Crippen LogP contribution in [0.5, 0.6) is 5.75 Å². The van der Waals surface area contributed by atoms with E-state index in [0.717, 1.165) is 0 Å². The number of hydrogen-bond donors (Lipinski definition) is 1. The number of phenolic OH excluding ortho intramolecular Hbond substituents is 1. The van der Waals surface area contributed by atoms with Crippen molar-refractivity contribution in [2.45, 2.75) is 44.8 Å². The van der Waals surface area contributed by atoms with Gasteiger partial charge in [-0.1, -0.05) is 65.7 Å². The Hall–Kier alpha value is -1.80. The quantitative estimate of drug-likeness (QED) is 0.314. The molecule has 11 heteroatoms. The van der Waals surface area contributed by atoms with E-state index in [1.165, 1.54) is 30.3 Å². The Kier molecular flexibility index (Phi) is 7.68. The first kappa shape index (κ1) is 25.8. The third-order valence-corrected chi connectivity index (χ3v) is 10.0. The number of anilines is 1. The number of hydrogen-bond acceptors (Lipinski definition) is 6. The third-order valence-electron chi connectivity index (χ3n) is 4.42. The van der Waals surface area contributed by atoms with Gasteiger partial charge in [0, 0.05) is 10.8 Å². The molecule has 3 aromatic carbocycles. The highest BCUT2D eigenvalue weighted by atomic mass is 35.5. The fraction of sp³-hybridized carbons (Fsp3) is 0.273. The maximum Gasteiger partial charge on any atom is 0.449 e. The SMILES string of the molecule is CC(C)OP(=O)(OC(C)C)N(c1c(Cl)c(Cl)c(O)c2ccccc12)S(=O)(=O)c1ccccc1. The van der Waals surface area contributed by atoms with Crippen molar-refractivity contribution >= 4 is 57.4 Å². The van der Waals surface area contributed by atoms with Crippen LogP contribution in [0.1, 0.15) is 27.7 Å². The van der Waals surface area contributed by atoms with Crippen LogP contribution in [0.4, 0.5) is 5.69 Å². The van der Waals surface area contributed by atoms with E-state index >= 15 is 0 Å². The van der Waals surface area contributed by atoms with Crippen LogP contribution in [0, 0.1) is 0 Å². The van der Waals surface area contributed by atoms with Gasteiger partial charge in [-0.15, -0.1) is 0 Å². The highest BCUT2D eigenvalue weighted by molar-refractivity contribution is 7.99. The lowest BCUT2D eigenvalue weighted by atomic mass is 10.1. The van der Waals surface area contributed by atoms with Gasteiger partial charge in [0.2, 0.25) is 0 Å².